The van der Waals surface area contributed by atoms with Crippen LogP contribution in [0.4, 0.5) is 0 Å². The largest absolute Gasteiger partial charge is 0.374 e. The van der Waals surface area contributed by atoms with Crippen molar-refractivity contribution in [1.82, 2.24) is 0 Å². The minimum absolute atomic E-state index is 0.522. The fourth-order valence-electron chi connectivity index (χ4n) is 2.31. The predicted octanol–water partition coefficient (Wildman–Crippen LogP) is 3.23. The third-order valence-electron chi connectivity index (χ3n) is 3.14. The Kier molecular flexibility index (Phi) is 3.56. The summed E-state index contributed by atoms with van der Waals surface area (Å²) in [5.74, 6) is 1.25. The van der Waals surface area contributed by atoms with Crippen molar-refractivity contribution in [3.8, 4) is 0 Å². The normalized spacial score (nSPS) is 35.8. The lowest BCUT2D eigenvalue weighted by Crippen LogP contribution is -2.13. The molecule has 0 radical (unpaired) electrons. The van der Waals surface area contributed by atoms with Crippen molar-refractivity contribution in [3.05, 3.63) is 0 Å². The van der Waals surface area contributed by atoms with Crippen LogP contribution in [-0.4, -0.2) is 23.2 Å². The standard InChI is InChI=1S/C11H20OS/c1-9-6-7-10(12-9)8-13-11-4-2-3-5-11/h9-11H,2-8H2,1H3. The monoisotopic (exact) mass is 200 g/mol. The van der Waals surface area contributed by atoms with E-state index in [0.29, 0.717) is 12.2 Å². The van der Waals surface area contributed by atoms with Gasteiger partial charge in [-0.3, -0.25) is 0 Å². The van der Waals surface area contributed by atoms with E-state index in [9.17, 15) is 0 Å². The molecule has 1 aliphatic carbocycles. The van der Waals surface area contributed by atoms with Crippen molar-refractivity contribution < 1.29 is 4.74 Å². The summed E-state index contributed by atoms with van der Waals surface area (Å²) in [6.07, 6.45) is 9.48. The zero-order chi connectivity index (χ0) is 9.10. The smallest absolute Gasteiger partial charge is 0.0670 e. The predicted molar refractivity (Wildman–Crippen MR) is 58.3 cm³/mol. The van der Waals surface area contributed by atoms with Gasteiger partial charge in [-0.2, -0.15) is 11.8 Å². The molecule has 2 aliphatic rings. The molecule has 1 saturated heterocycles. The van der Waals surface area contributed by atoms with Gasteiger partial charge in [0.15, 0.2) is 0 Å². The van der Waals surface area contributed by atoms with Gasteiger partial charge in [0.05, 0.1) is 12.2 Å². The first-order valence-electron chi connectivity index (χ1n) is 5.61. The summed E-state index contributed by atoms with van der Waals surface area (Å²) < 4.78 is 5.80. The summed E-state index contributed by atoms with van der Waals surface area (Å²) in [6, 6.07) is 0. The second kappa shape index (κ2) is 4.70. The Balaban J connectivity index is 1.62. The summed E-state index contributed by atoms with van der Waals surface area (Å²) >= 11 is 2.16. The highest BCUT2D eigenvalue weighted by atomic mass is 32.2. The van der Waals surface area contributed by atoms with E-state index in [1.165, 1.54) is 44.3 Å². The molecule has 2 heteroatoms. The minimum Gasteiger partial charge on any atom is -0.374 e. The fraction of sp³-hybridized carbons (Fsp3) is 1.00. The Bertz CT molecular complexity index is 154. The van der Waals surface area contributed by atoms with Crippen LogP contribution >= 0.6 is 11.8 Å². The van der Waals surface area contributed by atoms with Gasteiger partial charge in [0.2, 0.25) is 0 Å². The maximum atomic E-state index is 5.80. The number of rotatable bonds is 3. The molecule has 2 fully saturated rings. The number of thioether (sulfide) groups is 1. The molecule has 0 N–H and O–H groups in total. The lowest BCUT2D eigenvalue weighted by atomic mass is 10.2. The molecule has 1 saturated carbocycles. The molecule has 1 nitrogen and oxygen atoms in total. The summed E-state index contributed by atoms with van der Waals surface area (Å²) in [7, 11) is 0. The molecule has 1 aliphatic heterocycles. The van der Waals surface area contributed by atoms with Crippen LogP contribution in [0.1, 0.15) is 45.4 Å². The molecule has 0 spiro atoms. The summed E-state index contributed by atoms with van der Waals surface area (Å²) in [5, 5.41) is 0.958. The van der Waals surface area contributed by atoms with E-state index in [-0.39, 0.29) is 0 Å². The summed E-state index contributed by atoms with van der Waals surface area (Å²) in [6.45, 7) is 2.19. The van der Waals surface area contributed by atoms with E-state index in [2.05, 4.69) is 18.7 Å². The third-order valence-corrected chi connectivity index (χ3v) is 4.65. The molecule has 76 valence electrons. The van der Waals surface area contributed by atoms with Gasteiger partial charge in [-0.1, -0.05) is 12.8 Å². The van der Waals surface area contributed by atoms with Crippen LogP contribution in [0.2, 0.25) is 0 Å². The first-order valence-corrected chi connectivity index (χ1v) is 6.66. The van der Waals surface area contributed by atoms with Gasteiger partial charge >= 0.3 is 0 Å². The van der Waals surface area contributed by atoms with Gasteiger partial charge in [-0.25, -0.2) is 0 Å². The van der Waals surface area contributed by atoms with Crippen molar-refractivity contribution >= 4 is 11.8 Å². The van der Waals surface area contributed by atoms with Crippen molar-refractivity contribution in [2.45, 2.75) is 62.9 Å². The van der Waals surface area contributed by atoms with Crippen LogP contribution in [0, 0.1) is 0 Å². The molecule has 0 bridgehead atoms. The van der Waals surface area contributed by atoms with Gasteiger partial charge in [-0.15, -0.1) is 0 Å². The first kappa shape index (κ1) is 9.85. The Labute approximate surface area is 85.6 Å². The molecule has 2 rings (SSSR count). The molecular weight excluding hydrogens is 180 g/mol. The van der Waals surface area contributed by atoms with Crippen LogP contribution in [0.5, 0.6) is 0 Å². The second-order valence-corrected chi connectivity index (χ2v) is 5.72. The zero-order valence-electron chi connectivity index (χ0n) is 8.50. The van der Waals surface area contributed by atoms with E-state index < -0.39 is 0 Å². The lowest BCUT2D eigenvalue weighted by molar-refractivity contribution is 0.0699. The molecule has 1 heterocycles. The van der Waals surface area contributed by atoms with Gasteiger partial charge in [0.25, 0.3) is 0 Å². The molecule has 0 aromatic rings. The Morgan fingerprint density at radius 3 is 2.54 bits per heavy atom. The van der Waals surface area contributed by atoms with Gasteiger partial charge in [0.1, 0.15) is 0 Å². The Hall–Kier alpha value is 0.310. The maximum Gasteiger partial charge on any atom is 0.0670 e. The molecule has 13 heavy (non-hydrogen) atoms. The molecule has 0 amide bonds. The molecule has 0 aromatic heterocycles. The lowest BCUT2D eigenvalue weighted by Gasteiger charge is -2.13. The number of ether oxygens (including phenoxy) is 1. The van der Waals surface area contributed by atoms with Crippen molar-refractivity contribution in [1.29, 1.82) is 0 Å². The SMILES string of the molecule is CC1CCC(CSC2CCCC2)O1. The van der Waals surface area contributed by atoms with E-state index in [0.717, 1.165) is 5.25 Å². The number of hydrogen-bond acceptors (Lipinski definition) is 2. The highest BCUT2D eigenvalue weighted by molar-refractivity contribution is 7.99. The molecule has 2 atom stereocenters. The van der Waals surface area contributed by atoms with E-state index in [4.69, 9.17) is 4.74 Å². The van der Waals surface area contributed by atoms with Gasteiger partial charge < -0.3 is 4.74 Å². The fourth-order valence-corrected chi connectivity index (χ4v) is 3.70. The van der Waals surface area contributed by atoms with Crippen molar-refractivity contribution in [2.75, 3.05) is 5.75 Å². The Morgan fingerprint density at radius 2 is 1.92 bits per heavy atom. The Morgan fingerprint density at radius 1 is 1.15 bits per heavy atom. The van der Waals surface area contributed by atoms with Crippen LogP contribution in [0.3, 0.4) is 0 Å². The van der Waals surface area contributed by atoms with Crippen LogP contribution < -0.4 is 0 Å². The van der Waals surface area contributed by atoms with Crippen molar-refractivity contribution in [2.24, 2.45) is 0 Å². The average Bonchev–Trinajstić information content (AvgIpc) is 2.71. The van der Waals surface area contributed by atoms with Gasteiger partial charge in [0, 0.05) is 11.0 Å². The maximum absolute atomic E-state index is 5.80. The van der Waals surface area contributed by atoms with Crippen LogP contribution in [0.25, 0.3) is 0 Å². The van der Waals surface area contributed by atoms with E-state index in [1.807, 2.05) is 0 Å². The highest BCUT2D eigenvalue weighted by Crippen LogP contribution is 2.32. The van der Waals surface area contributed by atoms with Crippen LogP contribution in [-0.2, 0) is 4.74 Å². The number of hydrogen-bond donors (Lipinski definition) is 0. The molecule has 2 unspecified atom stereocenters. The summed E-state index contributed by atoms with van der Waals surface area (Å²) in [5.41, 5.74) is 0. The van der Waals surface area contributed by atoms with E-state index in [1.54, 1.807) is 0 Å². The highest BCUT2D eigenvalue weighted by Gasteiger charge is 2.23. The zero-order valence-corrected chi connectivity index (χ0v) is 9.31. The minimum atomic E-state index is 0.522. The third kappa shape index (κ3) is 2.88. The topological polar surface area (TPSA) is 9.23 Å². The second-order valence-electron chi connectivity index (χ2n) is 4.39. The van der Waals surface area contributed by atoms with Crippen molar-refractivity contribution in [3.63, 3.8) is 0 Å². The average molecular weight is 200 g/mol. The quantitative estimate of drug-likeness (QED) is 0.691. The first-order chi connectivity index (χ1) is 6.34. The molecular formula is C11H20OS. The van der Waals surface area contributed by atoms with E-state index >= 15 is 0 Å². The van der Waals surface area contributed by atoms with Crippen LogP contribution in [0.15, 0.2) is 0 Å². The van der Waals surface area contributed by atoms with Gasteiger partial charge in [-0.05, 0) is 32.6 Å². The summed E-state index contributed by atoms with van der Waals surface area (Å²) in [4.78, 5) is 0. The molecule has 0 aromatic carbocycles.